The number of ether oxygens (including phenoxy) is 1. The summed E-state index contributed by atoms with van der Waals surface area (Å²) >= 11 is 0. The Labute approximate surface area is 217 Å². The topological polar surface area (TPSA) is 105 Å². The van der Waals surface area contributed by atoms with Gasteiger partial charge in [-0.05, 0) is 79.6 Å². The number of nitrogen functional groups attached to an aromatic ring is 1. The third-order valence-electron chi connectivity index (χ3n) is 10.8. The van der Waals surface area contributed by atoms with Crippen LogP contribution in [0, 0.1) is 16.7 Å². The van der Waals surface area contributed by atoms with Crippen LogP contribution in [-0.2, 0) is 4.74 Å². The number of rotatable bonds is 2. The summed E-state index contributed by atoms with van der Waals surface area (Å²) in [6.45, 7) is 7.03. The number of allylic oxidation sites excluding steroid dienone is 3. The zero-order valence-corrected chi connectivity index (χ0v) is 22.3. The fraction of sp³-hybridized carbons (Fsp3) is 0.567. The lowest BCUT2D eigenvalue weighted by molar-refractivity contribution is -0.170. The van der Waals surface area contributed by atoms with Gasteiger partial charge in [-0.3, -0.25) is 0 Å². The van der Waals surface area contributed by atoms with Gasteiger partial charge in [0.25, 0.3) is 6.01 Å². The number of nitrogens with two attached hydrogens (primary N) is 1. The number of fused-ring (bicyclic) bond motifs is 2. The Balaban J connectivity index is 1.36. The fourth-order valence-electron chi connectivity index (χ4n) is 8.63. The first-order chi connectivity index (χ1) is 17.4. The van der Waals surface area contributed by atoms with Gasteiger partial charge in [-0.25, -0.2) is 0 Å². The van der Waals surface area contributed by atoms with Crippen LogP contribution in [0.15, 0.2) is 52.0 Å². The normalized spacial score (nSPS) is 41.7. The summed E-state index contributed by atoms with van der Waals surface area (Å²) in [6.07, 6.45) is 8.62. The smallest absolute Gasteiger partial charge is 0.292 e. The van der Waals surface area contributed by atoms with Gasteiger partial charge in [0.2, 0.25) is 0 Å². The first-order valence-corrected chi connectivity index (χ1v) is 13.5. The molecule has 7 rings (SSSR count). The Morgan fingerprint density at radius 3 is 2.68 bits per heavy atom. The molecule has 1 saturated heterocycles. The number of hydrogen-bond acceptors (Lipinski definition) is 7. The van der Waals surface area contributed by atoms with E-state index in [1.165, 1.54) is 11.1 Å². The number of benzene rings is 1. The van der Waals surface area contributed by atoms with Crippen molar-refractivity contribution in [1.29, 1.82) is 0 Å². The lowest BCUT2D eigenvalue weighted by Gasteiger charge is -2.60. The maximum atomic E-state index is 11.3. The molecule has 5 aliphatic rings. The molecule has 196 valence electrons. The van der Waals surface area contributed by atoms with Gasteiger partial charge in [-0.1, -0.05) is 45.1 Å². The first-order valence-electron chi connectivity index (χ1n) is 13.5. The predicted octanol–water partition coefficient (Wildman–Crippen LogP) is 4.07. The second kappa shape index (κ2) is 7.14. The van der Waals surface area contributed by atoms with Crippen molar-refractivity contribution in [2.45, 2.75) is 75.9 Å². The summed E-state index contributed by atoms with van der Waals surface area (Å²) in [4.78, 5) is 6.40. The molecule has 2 aromatic rings. The molecule has 2 spiro atoms. The van der Waals surface area contributed by atoms with E-state index in [2.05, 4.69) is 56.1 Å². The molecular formula is C30H37N3O4. The summed E-state index contributed by atoms with van der Waals surface area (Å²) < 4.78 is 12.8. The number of nitrogens with zero attached hydrogens (tertiary/aromatic N) is 2. The van der Waals surface area contributed by atoms with E-state index in [9.17, 15) is 10.2 Å². The van der Waals surface area contributed by atoms with Crippen LogP contribution < -0.4 is 5.73 Å². The van der Waals surface area contributed by atoms with Crippen LogP contribution >= 0.6 is 0 Å². The Morgan fingerprint density at radius 2 is 1.92 bits per heavy atom. The third kappa shape index (κ3) is 2.78. The van der Waals surface area contributed by atoms with E-state index in [0.29, 0.717) is 12.0 Å². The highest BCUT2D eigenvalue weighted by Crippen LogP contribution is 2.71. The average molecular weight is 504 g/mol. The van der Waals surface area contributed by atoms with Crippen molar-refractivity contribution in [3.05, 3.63) is 53.1 Å². The molecule has 4 N–H and O–H groups in total. The van der Waals surface area contributed by atoms with Gasteiger partial charge in [-0.15, -0.1) is 0 Å². The molecule has 7 nitrogen and oxygen atoms in total. The van der Waals surface area contributed by atoms with Crippen LogP contribution in [0.2, 0.25) is 0 Å². The van der Waals surface area contributed by atoms with E-state index in [1.807, 2.05) is 25.1 Å². The van der Waals surface area contributed by atoms with Crippen molar-refractivity contribution in [3.8, 4) is 0 Å². The highest BCUT2D eigenvalue weighted by atomic mass is 16.5. The van der Waals surface area contributed by atoms with E-state index >= 15 is 0 Å². The predicted molar refractivity (Wildman–Crippen MR) is 142 cm³/mol. The minimum atomic E-state index is -0.923. The molecule has 2 aliphatic heterocycles. The summed E-state index contributed by atoms with van der Waals surface area (Å²) in [5.74, 6) is 0.252. The Hall–Kier alpha value is -2.45. The maximum Gasteiger partial charge on any atom is 0.292 e. The number of hydrogen-bond donors (Lipinski definition) is 3. The molecule has 1 saturated carbocycles. The summed E-state index contributed by atoms with van der Waals surface area (Å²) in [6, 6.07) is 6.21. The second-order valence-corrected chi connectivity index (χ2v) is 12.9. The molecule has 0 amide bonds. The molecule has 0 radical (unpaired) electrons. The standard InChI is InChI=1S/C30H37N3O4/c1-27(2)14-17-13-19-24(34)25(35)21(33(4)5)15-29(19)10-11-30(17,37-29)23-9-7-18(28(23,27)3)16-6-8-22-20(12-16)32-26(31)36-22/h6-8,12-14,21,23-25,34-35H,9-11,15H2,1-5H3,(H2,31,32)/t21-,23?,24+,25+,28+,29+,30+/m0/s1. The Bertz CT molecular complexity index is 1420. The number of aromatic nitrogens is 1. The molecule has 1 aromatic heterocycles. The van der Waals surface area contributed by atoms with E-state index in [0.717, 1.165) is 35.9 Å². The monoisotopic (exact) mass is 503 g/mol. The van der Waals surface area contributed by atoms with Crippen LogP contribution in [0.1, 0.15) is 52.0 Å². The minimum Gasteiger partial charge on any atom is -0.424 e. The molecule has 2 fully saturated rings. The molecular weight excluding hydrogens is 466 g/mol. The molecule has 2 bridgehead atoms. The Morgan fingerprint density at radius 1 is 1.14 bits per heavy atom. The summed E-state index contributed by atoms with van der Waals surface area (Å²) in [5, 5.41) is 22.2. The van der Waals surface area contributed by atoms with Gasteiger partial charge in [0, 0.05) is 17.4 Å². The van der Waals surface area contributed by atoms with Gasteiger partial charge >= 0.3 is 0 Å². The summed E-state index contributed by atoms with van der Waals surface area (Å²) in [7, 11) is 3.94. The zero-order chi connectivity index (χ0) is 26.1. The highest BCUT2D eigenvalue weighted by molar-refractivity contribution is 5.83. The fourth-order valence-corrected chi connectivity index (χ4v) is 8.63. The number of likely N-dealkylation sites (N-methyl/N-ethyl adjacent to an activating group) is 1. The largest absolute Gasteiger partial charge is 0.424 e. The average Bonchev–Trinajstić information content (AvgIpc) is 3.49. The number of aliphatic hydroxyl groups is 2. The van der Waals surface area contributed by atoms with Gasteiger partial charge in [0.1, 0.15) is 11.6 Å². The summed E-state index contributed by atoms with van der Waals surface area (Å²) in [5.41, 5.74) is 10.5. The molecule has 3 heterocycles. The lowest BCUT2D eigenvalue weighted by Crippen LogP contribution is -2.63. The molecule has 7 heteroatoms. The van der Waals surface area contributed by atoms with Gasteiger partial charge < -0.3 is 30.0 Å². The highest BCUT2D eigenvalue weighted by Gasteiger charge is 2.70. The van der Waals surface area contributed by atoms with E-state index in [4.69, 9.17) is 14.9 Å². The van der Waals surface area contributed by atoms with Gasteiger partial charge in [0.15, 0.2) is 5.58 Å². The van der Waals surface area contributed by atoms with Crippen LogP contribution in [0.4, 0.5) is 6.01 Å². The van der Waals surface area contributed by atoms with Crippen LogP contribution in [0.3, 0.4) is 0 Å². The molecule has 37 heavy (non-hydrogen) atoms. The molecule has 1 unspecified atom stereocenters. The number of aliphatic hydroxyl groups excluding tert-OH is 2. The van der Waals surface area contributed by atoms with Gasteiger partial charge in [0.05, 0.1) is 17.3 Å². The third-order valence-corrected chi connectivity index (χ3v) is 10.8. The minimum absolute atomic E-state index is 0.155. The zero-order valence-electron chi connectivity index (χ0n) is 22.3. The van der Waals surface area contributed by atoms with Crippen LogP contribution in [-0.4, -0.2) is 63.6 Å². The Kier molecular flexibility index (Phi) is 4.57. The van der Waals surface area contributed by atoms with Crippen LogP contribution in [0.5, 0.6) is 0 Å². The quantitative estimate of drug-likeness (QED) is 0.567. The van der Waals surface area contributed by atoms with Crippen molar-refractivity contribution in [2.24, 2.45) is 16.7 Å². The van der Waals surface area contributed by atoms with Gasteiger partial charge in [-0.2, -0.15) is 4.98 Å². The molecule has 1 aromatic carbocycles. The first kappa shape index (κ1) is 23.7. The van der Waals surface area contributed by atoms with E-state index < -0.39 is 23.4 Å². The van der Waals surface area contributed by atoms with Crippen molar-refractivity contribution >= 4 is 22.7 Å². The number of oxazole rings is 1. The number of anilines is 1. The van der Waals surface area contributed by atoms with Crippen molar-refractivity contribution < 1.29 is 19.4 Å². The maximum absolute atomic E-state index is 11.3. The van der Waals surface area contributed by atoms with Crippen molar-refractivity contribution in [3.63, 3.8) is 0 Å². The van der Waals surface area contributed by atoms with Crippen molar-refractivity contribution in [2.75, 3.05) is 19.8 Å². The van der Waals surface area contributed by atoms with Crippen molar-refractivity contribution in [1.82, 2.24) is 9.88 Å². The lowest BCUT2D eigenvalue weighted by atomic mass is 9.49. The molecule has 3 aliphatic carbocycles. The van der Waals surface area contributed by atoms with E-state index in [-0.39, 0.29) is 28.8 Å². The van der Waals surface area contributed by atoms with E-state index in [1.54, 1.807) is 0 Å². The SMILES string of the molecule is CN(C)[C@H]1C[C@@]23CC[C@@]4(O2)C(=CC(C)(C)[C@]2(C)C(c5ccc6oc(N)nc6c5)=CCC42)C=C3[C@@H](O)[C@@H]1O. The van der Waals surface area contributed by atoms with Crippen LogP contribution in [0.25, 0.3) is 16.7 Å². The molecule has 7 atom stereocenters. The second-order valence-electron chi connectivity index (χ2n) is 12.9.